The van der Waals surface area contributed by atoms with Gasteiger partial charge in [-0.2, -0.15) is 4.98 Å². The van der Waals surface area contributed by atoms with Gasteiger partial charge >= 0.3 is 0 Å². The number of pyridine rings is 1. The van der Waals surface area contributed by atoms with Gasteiger partial charge in [0.05, 0.1) is 18.4 Å². The van der Waals surface area contributed by atoms with E-state index in [2.05, 4.69) is 20.4 Å². The highest BCUT2D eigenvalue weighted by molar-refractivity contribution is 6.06. The molecule has 0 fully saturated rings. The first-order valence-corrected chi connectivity index (χ1v) is 8.53. The van der Waals surface area contributed by atoms with Crippen LogP contribution in [0.2, 0.25) is 0 Å². The summed E-state index contributed by atoms with van der Waals surface area (Å²) in [5.41, 5.74) is 2.46. The fourth-order valence-corrected chi connectivity index (χ4v) is 2.66. The summed E-state index contributed by atoms with van der Waals surface area (Å²) in [4.78, 5) is 21.1. The van der Waals surface area contributed by atoms with Crippen molar-refractivity contribution in [2.24, 2.45) is 0 Å². The number of amides is 1. The van der Waals surface area contributed by atoms with Crippen LogP contribution in [0.3, 0.4) is 0 Å². The molecular weight excluding hydrogens is 356 g/mol. The zero-order chi connectivity index (χ0) is 19.3. The Labute approximate surface area is 161 Å². The second-order valence-electron chi connectivity index (χ2n) is 5.89. The van der Waals surface area contributed by atoms with Crippen molar-refractivity contribution in [3.8, 4) is 28.6 Å². The molecule has 0 unspecified atom stereocenters. The van der Waals surface area contributed by atoms with Crippen LogP contribution in [0.25, 0.3) is 22.8 Å². The molecule has 0 saturated heterocycles. The molecule has 28 heavy (non-hydrogen) atoms. The molecule has 4 aromatic rings. The number of hydrogen-bond donors (Lipinski definition) is 1. The van der Waals surface area contributed by atoms with E-state index >= 15 is 0 Å². The standard InChI is InChI=1S/C21H16N4O3/c1-27-16-10-8-14(9-11-16)20(26)23-18-7-3-2-6-17(18)21-24-19(25-28-21)15-5-4-12-22-13-15/h2-13H,1H3,(H,23,26). The summed E-state index contributed by atoms with van der Waals surface area (Å²) >= 11 is 0. The molecule has 0 spiro atoms. The van der Waals surface area contributed by atoms with Crippen LogP contribution in [0.15, 0.2) is 77.6 Å². The van der Waals surface area contributed by atoms with Crippen LogP contribution in [-0.2, 0) is 0 Å². The number of aromatic nitrogens is 3. The van der Waals surface area contributed by atoms with Gasteiger partial charge in [0.25, 0.3) is 11.8 Å². The number of nitrogens with zero attached hydrogens (tertiary/aromatic N) is 3. The van der Waals surface area contributed by atoms with Crippen LogP contribution in [0.5, 0.6) is 5.75 Å². The highest BCUT2D eigenvalue weighted by Crippen LogP contribution is 2.28. The van der Waals surface area contributed by atoms with Crippen molar-refractivity contribution in [1.29, 1.82) is 0 Å². The Morgan fingerprint density at radius 2 is 1.86 bits per heavy atom. The van der Waals surface area contributed by atoms with Gasteiger partial charge in [-0.15, -0.1) is 0 Å². The molecular formula is C21H16N4O3. The number of ether oxygens (including phenoxy) is 1. The van der Waals surface area contributed by atoms with Gasteiger partial charge in [0.1, 0.15) is 5.75 Å². The SMILES string of the molecule is COc1ccc(C(=O)Nc2ccccc2-c2nc(-c3cccnc3)no2)cc1. The largest absolute Gasteiger partial charge is 0.497 e. The zero-order valence-electron chi connectivity index (χ0n) is 15.0. The van der Waals surface area contributed by atoms with Crippen molar-refractivity contribution in [1.82, 2.24) is 15.1 Å². The number of rotatable bonds is 5. The molecule has 0 aliphatic carbocycles. The number of benzene rings is 2. The molecule has 7 nitrogen and oxygen atoms in total. The molecule has 0 bridgehead atoms. The lowest BCUT2D eigenvalue weighted by Crippen LogP contribution is -2.12. The minimum atomic E-state index is -0.248. The molecule has 0 aliphatic heterocycles. The molecule has 4 rings (SSSR count). The van der Waals surface area contributed by atoms with Crippen molar-refractivity contribution in [3.63, 3.8) is 0 Å². The number of nitrogens with one attached hydrogen (secondary N) is 1. The van der Waals surface area contributed by atoms with E-state index in [1.807, 2.05) is 24.3 Å². The Morgan fingerprint density at radius 1 is 1.04 bits per heavy atom. The predicted octanol–water partition coefficient (Wildman–Crippen LogP) is 4.06. The molecule has 0 aliphatic rings. The molecule has 2 aromatic heterocycles. The van der Waals surface area contributed by atoms with E-state index < -0.39 is 0 Å². The van der Waals surface area contributed by atoms with Crippen molar-refractivity contribution in [2.45, 2.75) is 0 Å². The number of hydrogen-bond acceptors (Lipinski definition) is 6. The van der Waals surface area contributed by atoms with E-state index in [4.69, 9.17) is 9.26 Å². The lowest BCUT2D eigenvalue weighted by atomic mass is 10.1. The number of carbonyl (C=O) groups is 1. The minimum Gasteiger partial charge on any atom is -0.497 e. The molecule has 1 amide bonds. The fraction of sp³-hybridized carbons (Fsp3) is 0.0476. The van der Waals surface area contributed by atoms with Crippen molar-refractivity contribution >= 4 is 11.6 Å². The maximum absolute atomic E-state index is 12.6. The Morgan fingerprint density at radius 3 is 2.61 bits per heavy atom. The van der Waals surface area contributed by atoms with Crippen molar-refractivity contribution < 1.29 is 14.1 Å². The van der Waals surface area contributed by atoms with E-state index in [0.717, 1.165) is 5.56 Å². The minimum absolute atomic E-state index is 0.248. The third-order valence-corrected chi connectivity index (χ3v) is 4.10. The monoisotopic (exact) mass is 372 g/mol. The van der Waals surface area contributed by atoms with Gasteiger partial charge in [-0.05, 0) is 48.5 Å². The third-order valence-electron chi connectivity index (χ3n) is 4.10. The summed E-state index contributed by atoms with van der Waals surface area (Å²) in [6, 6.07) is 17.8. The second kappa shape index (κ2) is 7.71. The van der Waals surface area contributed by atoms with E-state index in [1.54, 1.807) is 55.9 Å². The molecule has 0 saturated carbocycles. The van der Waals surface area contributed by atoms with E-state index in [1.165, 1.54) is 0 Å². The highest BCUT2D eigenvalue weighted by atomic mass is 16.5. The van der Waals surface area contributed by atoms with Gasteiger partial charge in [-0.1, -0.05) is 17.3 Å². The van der Waals surface area contributed by atoms with Crippen LogP contribution in [0.4, 0.5) is 5.69 Å². The second-order valence-corrected chi connectivity index (χ2v) is 5.89. The third kappa shape index (κ3) is 3.59. The maximum atomic E-state index is 12.6. The highest BCUT2D eigenvalue weighted by Gasteiger charge is 2.16. The Bertz CT molecular complexity index is 1090. The predicted molar refractivity (Wildman–Crippen MR) is 104 cm³/mol. The maximum Gasteiger partial charge on any atom is 0.260 e. The van der Waals surface area contributed by atoms with Gasteiger partial charge in [0.15, 0.2) is 0 Å². The van der Waals surface area contributed by atoms with Gasteiger partial charge in [-0.3, -0.25) is 9.78 Å². The number of anilines is 1. The van der Waals surface area contributed by atoms with E-state index in [0.29, 0.717) is 34.3 Å². The molecule has 0 radical (unpaired) electrons. The molecule has 2 aromatic carbocycles. The first-order valence-electron chi connectivity index (χ1n) is 8.53. The molecule has 7 heteroatoms. The van der Waals surface area contributed by atoms with Crippen LogP contribution in [0.1, 0.15) is 10.4 Å². The quantitative estimate of drug-likeness (QED) is 0.568. The topological polar surface area (TPSA) is 90.1 Å². The summed E-state index contributed by atoms with van der Waals surface area (Å²) in [5, 5.41) is 6.90. The summed E-state index contributed by atoms with van der Waals surface area (Å²) < 4.78 is 10.5. The fourth-order valence-electron chi connectivity index (χ4n) is 2.66. The first-order chi connectivity index (χ1) is 13.7. The average molecular weight is 372 g/mol. The number of methoxy groups -OCH3 is 1. The van der Waals surface area contributed by atoms with Crippen LogP contribution in [-0.4, -0.2) is 28.1 Å². The summed E-state index contributed by atoms with van der Waals surface area (Å²) in [5.74, 6) is 1.18. The molecule has 0 atom stereocenters. The van der Waals surface area contributed by atoms with Crippen LogP contribution >= 0.6 is 0 Å². The number of para-hydroxylation sites is 1. The van der Waals surface area contributed by atoms with Gasteiger partial charge in [0.2, 0.25) is 5.82 Å². The molecule has 1 N–H and O–H groups in total. The lowest BCUT2D eigenvalue weighted by molar-refractivity contribution is 0.102. The van der Waals surface area contributed by atoms with Gasteiger partial charge in [-0.25, -0.2) is 0 Å². The molecule has 2 heterocycles. The smallest absolute Gasteiger partial charge is 0.260 e. The first kappa shape index (κ1) is 17.4. The normalized spacial score (nSPS) is 10.5. The van der Waals surface area contributed by atoms with Crippen molar-refractivity contribution in [2.75, 3.05) is 12.4 Å². The summed E-state index contributed by atoms with van der Waals surface area (Å²) in [6.45, 7) is 0. The number of carbonyl (C=O) groups excluding carboxylic acids is 1. The summed E-state index contributed by atoms with van der Waals surface area (Å²) in [6.07, 6.45) is 3.33. The zero-order valence-corrected chi connectivity index (χ0v) is 15.0. The Balaban J connectivity index is 1.60. The molecule has 138 valence electrons. The van der Waals surface area contributed by atoms with Crippen LogP contribution in [0, 0.1) is 0 Å². The van der Waals surface area contributed by atoms with Gasteiger partial charge < -0.3 is 14.6 Å². The lowest BCUT2D eigenvalue weighted by Gasteiger charge is -2.09. The van der Waals surface area contributed by atoms with E-state index in [9.17, 15) is 4.79 Å². The Hall–Kier alpha value is -4.00. The van der Waals surface area contributed by atoms with Crippen LogP contribution < -0.4 is 10.1 Å². The van der Waals surface area contributed by atoms with Gasteiger partial charge in [0, 0.05) is 23.5 Å². The Kier molecular flexibility index (Phi) is 4.79. The van der Waals surface area contributed by atoms with Crippen molar-refractivity contribution in [3.05, 3.63) is 78.6 Å². The van der Waals surface area contributed by atoms with E-state index in [-0.39, 0.29) is 5.91 Å². The average Bonchev–Trinajstić information content (AvgIpc) is 3.25. The summed E-state index contributed by atoms with van der Waals surface area (Å²) in [7, 11) is 1.58.